The standard InChI is InChI=1S/C68H109N7O15/c1-16-45(7)62(73(13)66(86)49(42(2)3)39-54(77)61(43(4)5)72(12)35-31-44(6)41-68(9,10)11)55(89-14)40-59(81)74-34-22-26-52(74)63(90-15)46(8)64(84)71-51(37-47-23-18-17-19-24-47)53(76)38-48(27-30-60(82)83)65(85)70-50(67(87)88)25-20-21-33-69-56(78)32-36-75-57(79)28-29-58(75)80/h17-19,23-24,28-29,42-46,48-52,55,61-63H,16,20-22,25-27,30-41H2,1-15H3,(H,69,78)(H,70,85)(H,71,84)(H,82,83)(H,87,88)/t44?,45-,46+,48+,49-,50-,51-,52-,55+,61-,62-,63+/m0/s1. The lowest BCUT2D eigenvalue weighted by atomic mass is 9.83. The summed E-state index contributed by atoms with van der Waals surface area (Å²) in [5, 5.41) is 27.8. The molecule has 1 saturated heterocycles. The van der Waals surface area contributed by atoms with Gasteiger partial charge >= 0.3 is 11.9 Å². The molecular formula is C68H109N7O15. The van der Waals surface area contributed by atoms with Crippen molar-refractivity contribution < 1.29 is 72.4 Å². The molecule has 1 unspecified atom stereocenters. The highest BCUT2D eigenvalue weighted by Crippen LogP contribution is 2.32. The third kappa shape index (κ3) is 24.7. The lowest BCUT2D eigenvalue weighted by Crippen LogP contribution is -2.55. The van der Waals surface area contributed by atoms with Gasteiger partial charge in [0.25, 0.3) is 11.8 Å². The maximum Gasteiger partial charge on any atom is 0.326 e. The van der Waals surface area contributed by atoms with Crippen LogP contribution in [-0.2, 0) is 68.6 Å². The molecule has 0 radical (unpaired) electrons. The van der Waals surface area contributed by atoms with E-state index in [1.165, 1.54) is 14.2 Å². The minimum atomic E-state index is -1.43. The molecule has 0 saturated carbocycles. The zero-order chi connectivity index (χ0) is 67.7. The van der Waals surface area contributed by atoms with Crippen molar-refractivity contribution in [2.75, 3.05) is 54.5 Å². The van der Waals surface area contributed by atoms with Gasteiger partial charge in [-0.3, -0.25) is 57.7 Å². The summed E-state index contributed by atoms with van der Waals surface area (Å²) < 4.78 is 12.2. The van der Waals surface area contributed by atoms with Crippen LogP contribution in [0.4, 0.5) is 0 Å². The Morgan fingerprint density at radius 2 is 1.39 bits per heavy atom. The van der Waals surface area contributed by atoms with Crippen LogP contribution in [0, 0.1) is 46.8 Å². The summed E-state index contributed by atoms with van der Waals surface area (Å²) in [5.41, 5.74) is 0.867. The summed E-state index contributed by atoms with van der Waals surface area (Å²) in [6, 6.07) is 4.68. The fourth-order valence-corrected chi connectivity index (χ4v) is 13.0. The van der Waals surface area contributed by atoms with Gasteiger partial charge in [0, 0.05) is 90.6 Å². The molecule has 0 aromatic heterocycles. The lowest BCUT2D eigenvalue weighted by Gasteiger charge is -2.41. The van der Waals surface area contributed by atoms with Gasteiger partial charge in [0.15, 0.2) is 11.6 Å². The Kier molecular flexibility index (Phi) is 32.7. The van der Waals surface area contributed by atoms with E-state index in [4.69, 9.17) is 9.47 Å². The number of aliphatic carboxylic acids is 2. The smallest absolute Gasteiger partial charge is 0.326 e. The van der Waals surface area contributed by atoms with Crippen molar-refractivity contribution in [3.05, 3.63) is 48.0 Å². The molecule has 0 spiro atoms. The Morgan fingerprint density at radius 3 is 1.94 bits per heavy atom. The predicted molar refractivity (Wildman–Crippen MR) is 342 cm³/mol. The number of rotatable bonds is 42. The van der Waals surface area contributed by atoms with Crippen molar-refractivity contribution in [1.29, 1.82) is 0 Å². The number of nitrogens with one attached hydrogen (secondary N) is 3. The van der Waals surface area contributed by atoms with Crippen LogP contribution in [0.5, 0.6) is 0 Å². The summed E-state index contributed by atoms with van der Waals surface area (Å²) in [7, 11) is 6.71. The van der Waals surface area contributed by atoms with Gasteiger partial charge in [-0.25, -0.2) is 4.79 Å². The number of carbonyl (C=O) groups is 11. The number of benzene rings is 1. The van der Waals surface area contributed by atoms with Crippen LogP contribution >= 0.6 is 0 Å². The maximum atomic E-state index is 14.9. The van der Waals surface area contributed by atoms with Crippen molar-refractivity contribution in [2.45, 2.75) is 215 Å². The van der Waals surface area contributed by atoms with E-state index >= 15 is 0 Å². The molecule has 22 heteroatoms. The second-order valence-electron chi connectivity index (χ2n) is 27.1. The van der Waals surface area contributed by atoms with Crippen LogP contribution in [-0.4, -0.2) is 192 Å². The number of carboxylic acids is 2. The molecule has 2 aliphatic rings. The van der Waals surface area contributed by atoms with Crippen LogP contribution in [0.15, 0.2) is 42.5 Å². The normalized spacial score (nSPS) is 18.1. The van der Waals surface area contributed by atoms with E-state index in [1.807, 2.05) is 48.6 Å². The third-order valence-electron chi connectivity index (χ3n) is 18.0. The highest BCUT2D eigenvalue weighted by atomic mass is 16.5. The Hall–Kier alpha value is -6.39. The Bertz CT molecular complexity index is 2570. The number of methoxy groups -OCH3 is 2. The van der Waals surface area contributed by atoms with Gasteiger partial charge < -0.3 is 45.4 Å². The molecular weight excluding hydrogens is 1150 g/mol. The van der Waals surface area contributed by atoms with E-state index in [9.17, 15) is 63.0 Å². The molecule has 2 aliphatic heterocycles. The maximum absolute atomic E-state index is 14.9. The van der Waals surface area contributed by atoms with Gasteiger partial charge in [0.05, 0.1) is 48.7 Å². The second-order valence-corrected chi connectivity index (χ2v) is 27.1. The average Bonchev–Trinajstić information content (AvgIpc) is 1.70. The van der Waals surface area contributed by atoms with E-state index in [2.05, 4.69) is 48.5 Å². The second kappa shape index (κ2) is 37.8. The average molecular weight is 1260 g/mol. The van der Waals surface area contributed by atoms with Gasteiger partial charge in [-0.1, -0.05) is 113 Å². The van der Waals surface area contributed by atoms with Crippen LogP contribution in [0.2, 0.25) is 0 Å². The van der Waals surface area contributed by atoms with E-state index < -0.39 is 114 Å². The van der Waals surface area contributed by atoms with E-state index in [1.54, 1.807) is 54.1 Å². The van der Waals surface area contributed by atoms with Crippen LogP contribution in [0.25, 0.3) is 0 Å². The number of ether oxygens (including phenoxy) is 2. The van der Waals surface area contributed by atoms with E-state index in [0.29, 0.717) is 43.7 Å². The number of carbonyl (C=O) groups excluding carboxylic acids is 9. The highest BCUT2D eigenvalue weighted by molar-refractivity contribution is 6.13. The number of amides is 7. The number of hydrogen-bond acceptors (Lipinski definition) is 14. The fourth-order valence-electron chi connectivity index (χ4n) is 13.0. The molecule has 5 N–H and O–H groups in total. The zero-order valence-electron chi connectivity index (χ0n) is 56.5. The number of unbranched alkanes of at least 4 members (excludes halogenated alkanes) is 1. The first-order valence-corrected chi connectivity index (χ1v) is 32.5. The highest BCUT2D eigenvalue weighted by Gasteiger charge is 2.44. The number of carboxylic acid groups (broad SMARTS) is 2. The quantitative estimate of drug-likeness (QED) is 0.0329. The molecule has 3 rings (SSSR count). The van der Waals surface area contributed by atoms with E-state index in [0.717, 1.165) is 36.4 Å². The number of nitrogens with zero attached hydrogens (tertiary/aromatic N) is 4. The monoisotopic (exact) mass is 1260 g/mol. The Labute approximate surface area is 535 Å². The number of hydrogen-bond donors (Lipinski definition) is 5. The summed E-state index contributed by atoms with van der Waals surface area (Å²) >= 11 is 0. The minimum Gasteiger partial charge on any atom is -0.481 e. The van der Waals surface area contributed by atoms with Crippen LogP contribution in [0.1, 0.15) is 172 Å². The summed E-state index contributed by atoms with van der Waals surface area (Å²) in [6.45, 7) is 23.8. The Morgan fingerprint density at radius 1 is 0.756 bits per heavy atom. The van der Waals surface area contributed by atoms with Crippen molar-refractivity contribution in [3.63, 3.8) is 0 Å². The number of Topliss-reactive ketones (excluding diaryl/α,β-unsaturated/α-hetero) is 2. The van der Waals surface area contributed by atoms with Gasteiger partial charge in [-0.15, -0.1) is 0 Å². The number of likely N-dealkylation sites (tertiary alicyclic amines) is 1. The molecule has 0 bridgehead atoms. The molecule has 1 aromatic rings. The Balaban J connectivity index is 1.79. The van der Waals surface area contributed by atoms with Crippen molar-refractivity contribution >= 4 is 64.9 Å². The molecule has 0 aliphatic carbocycles. The topological polar surface area (TPSA) is 296 Å². The SMILES string of the molecule is CC[C@H](C)[C@@H]([C@@H](CC(=O)N1CCC[C@H]1[C@H](OC)[C@@H](C)C(=O)N[C@@H](Cc1ccccc1)C(=O)C[C@@H](CCC(=O)O)C(=O)N[C@@H](CCCCNC(=O)CCN1C(=O)C=CC1=O)C(=O)O)OC)N(C)C(=O)[C@@H](CC(=O)[C@H](C(C)C)N(C)CCC(C)CC(C)(C)C)C(C)C. The number of imide groups is 1. The molecule has 22 nitrogen and oxygen atoms in total. The van der Waals surface area contributed by atoms with E-state index in [-0.39, 0.29) is 105 Å². The zero-order valence-corrected chi connectivity index (χ0v) is 56.5. The van der Waals surface area contributed by atoms with Crippen molar-refractivity contribution in [3.8, 4) is 0 Å². The molecule has 506 valence electrons. The van der Waals surface area contributed by atoms with Crippen molar-refractivity contribution in [1.82, 2.24) is 35.6 Å². The number of likely N-dealkylation sites (N-methyl/N-ethyl adjacent to an activating group) is 2. The van der Waals surface area contributed by atoms with Gasteiger partial charge in [0.1, 0.15) is 6.04 Å². The summed E-state index contributed by atoms with van der Waals surface area (Å²) in [4.78, 5) is 154. The molecule has 1 aromatic carbocycles. The first kappa shape index (κ1) is 77.9. The van der Waals surface area contributed by atoms with Crippen molar-refractivity contribution in [2.24, 2.45) is 46.8 Å². The van der Waals surface area contributed by atoms with Crippen LogP contribution in [0.3, 0.4) is 0 Å². The fraction of sp³-hybridized carbons (Fsp3) is 0.721. The number of ketones is 2. The molecule has 2 heterocycles. The predicted octanol–water partition coefficient (Wildman–Crippen LogP) is 6.90. The minimum absolute atomic E-state index is 0.00869. The largest absolute Gasteiger partial charge is 0.481 e. The molecule has 12 atom stereocenters. The molecule has 1 fully saturated rings. The molecule has 90 heavy (non-hydrogen) atoms. The summed E-state index contributed by atoms with van der Waals surface area (Å²) in [5.74, 6) is -9.19. The van der Waals surface area contributed by atoms with Gasteiger partial charge in [-0.05, 0) is 106 Å². The van der Waals surface area contributed by atoms with Gasteiger partial charge in [-0.2, -0.15) is 0 Å². The third-order valence-corrected chi connectivity index (χ3v) is 18.0. The molecule has 7 amide bonds. The van der Waals surface area contributed by atoms with Gasteiger partial charge in [0.2, 0.25) is 29.5 Å². The van der Waals surface area contributed by atoms with Crippen LogP contribution < -0.4 is 16.0 Å². The first-order valence-electron chi connectivity index (χ1n) is 32.5. The first-order chi connectivity index (χ1) is 42.3. The lowest BCUT2D eigenvalue weighted by molar-refractivity contribution is -0.149. The summed E-state index contributed by atoms with van der Waals surface area (Å²) in [6.07, 6.45) is 3.33.